The average molecular weight is 569 g/mol. The number of nitrogens with one attached hydrogen (secondary N) is 3. The van der Waals surface area contributed by atoms with Gasteiger partial charge in [-0.2, -0.15) is 0 Å². The first-order valence-corrected chi connectivity index (χ1v) is 12.1. The molecule has 4 rings (SSSR count). The maximum absolute atomic E-state index is 11.7. The molecule has 0 spiro atoms. The maximum Gasteiger partial charge on any atom is 0.305 e. The Bertz CT molecular complexity index is 1340. The first-order valence-electron chi connectivity index (χ1n) is 11.3. The van der Waals surface area contributed by atoms with E-state index in [1.54, 1.807) is 13.2 Å². The van der Waals surface area contributed by atoms with Crippen LogP contribution in [0.15, 0.2) is 65.5 Å². The molecule has 0 saturated carbocycles. The number of aromatic hydroxyl groups is 1. The fourth-order valence-electron chi connectivity index (χ4n) is 3.94. The lowest BCUT2D eigenvalue weighted by molar-refractivity contribution is -0.183. The molecule has 0 aliphatic carbocycles. The Morgan fingerprint density at radius 2 is 1.68 bits per heavy atom. The zero-order valence-electron chi connectivity index (χ0n) is 20.2. The average Bonchev–Trinajstić information content (AvgIpc) is 3.24. The topological polar surface area (TPSA) is 127 Å². The van der Waals surface area contributed by atoms with Gasteiger partial charge in [-0.05, 0) is 46.9 Å². The van der Waals surface area contributed by atoms with Gasteiger partial charge in [-0.15, -0.1) is 24.8 Å². The zero-order chi connectivity index (χ0) is 24.8. The van der Waals surface area contributed by atoms with Crippen LogP contribution in [0.4, 0.5) is 0 Å². The molecule has 1 heterocycles. The van der Waals surface area contributed by atoms with Gasteiger partial charge in [-0.1, -0.05) is 53.8 Å². The van der Waals surface area contributed by atoms with Gasteiger partial charge in [0.05, 0.1) is 11.8 Å². The van der Waals surface area contributed by atoms with Crippen LogP contribution >= 0.6 is 36.2 Å². The summed E-state index contributed by atoms with van der Waals surface area (Å²) in [6, 6.07) is 19.1. The molecule has 3 aromatic carbocycles. The third-order valence-corrected chi connectivity index (χ3v) is 6.66. The summed E-state index contributed by atoms with van der Waals surface area (Å²) in [6.07, 6.45) is 0.477. The predicted molar refractivity (Wildman–Crippen MR) is 151 cm³/mol. The lowest BCUT2D eigenvalue weighted by atomic mass is 10.1. The summed E-state index contributed by atoms with van der Waals surface area (Å²) < 4.78 is 5.70. The van der Waals surface area contributed by atoms with Crippen molar-refractivity contribution in [3.8, 4) is 11.5 Å². The minimum absolute atomic E-state index is 0. The molecule has 200 valence electrons. The molecule has 1 aromatic heterocycles. The SMILES string of the molecule is COc1ccc(CNCc2cccc(CCNC(O)(O)Cc3ccc(O)c4[nH]c(=O)sc34)c2)cc1.Cl.Cl. The Hall–Kier alpha value is -2.63. The molecule has 0 atom stereocenters. The van der Waals surface area contributed by atoms with Gasteiger partial charge in [-0.25, -0.2) is 0 Å². The fourth-order valence-corrected chi connectivity index (χ4v) is 4.80. The Kier molecular flexibility index (Phi) is 11.4. The van der Waals surface area contributed by atoms with E-state index >= 15 is 0 Å². The van der Waals surface area contributed by atoms with E-state index in [2.05, 4.69) is 27.8 Å². The summed E-state index contributed by atoms with van der Waals surface area (Å²) in [6.45, 7) is 1.81. The minimum Gasteiger partial charge on any atom is -0.506 e. The third kappa shape index (κ3) is 8.44. The van der Waals surface area contributed by atoms with Gasteiger partial charge in [0.25, 0.3) is 0 Å². The van der Waals surface area contributed by atoms with E-state index in [0.717, 1.165) is 34.8 Å². The molecule has 8 nitrogen and oxygen atoms in total. The molecule has 11 heteroatoms. The number of ether oxygens (including phenoxy) is 1. The Morgan fingerprint density at radius 3 is 2.41 bits per heavy atom. The number of phenolic OH excluding ortho intramolecular Hbond substituents is 1. The van der Waals surface area contributed by atoms with Gasteiger partial charge in [0.1, 0.15) is 17.0 Å². The summed E-state index contributed by atoms with van der Waals surface area (Å²) >= 11 is 0.930. The number of methoxy groups -OCH3 is 1. The molecule has 0 radical (unpaired) electrons. The molecular weight excluding hydrogens is 537 g/mol. The minimum atomic E-state index is -2.16. The van der Waals surface area contributed by atoms with Gasteiger partial charge >= 0.3 is 4.87 Å². The molecule has 0 aliphatic rings. The highest BCUT2D eigenvalue weighted by Crippen LogP contribution is 2.29. The summed E-state index contributed by atoms with van der Waals surface area (Å²) in [5.41, 5.74) is 4.26. The molecular formula is C26H31Cl2N3O5S. The van der Waals surface area contributed by atoms with Crippen LogP contribution in [0.2, 0.25) is 0 Å². The number of fused-ring (bicyclic) bond motifs is 1. The summed E-state index contributed by atoms with van der Waals surface area (Å²) in [7, 11) is 1.65. The molecule has 0 saturated heterocycles. The van der Waals surface area contributed by atoms with Crippen LogP contribution < -0.4 is 20.2 Å². The second-order valence-electron chi connectivity index (χ2n) is 8.40. The van der Waals surface area contributed by atoms with Crippen molar-refractivity contribution < 1.29 is 20.1 Å². The number of H-pyrrole nitrogens is 1. The number of phenols is 1. The predicted octanol–water partition coefficient (Wildman–Crippen LogP) is 3.45. The van der Waals surface area contributed by atoms with Crippen molar-refractivity contribution in [1.29, 1.82) is 0 Å². The van der Waals surface area contributed by atoms with E-state index in [1.807, 2.05) is 36.4 Å². The smallest absolute Gasteiger partial charge is 0.305 e. The maximum atomic E-state index is 11.7. The van der Waals surface area contributed by atoms with Crippen LogP contribution in [-0.4, -0.2) is 39.9 Å². The second kappa shape index (κ2) is 13.8. The summed E-state index contributed by atoms with van der Waals surface area (Å²) in [5, 5.41) is 37.1. The second-order valence-corrected chi connectivity index (χ2v) is 9.39. The molecule has 0 amide bonds. The van der Waals surface area contributed by atoms with E-state index in [0.29, 0.717) is 35.3 Å². The van der Waals surface area contributed by atoms with Gasteiger partial charge in [0.15, 0.2) is 0 Å². The van der Waals surface area contributed by atoms with E-state index in [1.165, 1.54) is 11.6 Å². The van der Waals surface area contributed by atoms with Crippen molar-refractivity contribution in [2.24, 2.45) is 0 Å². The molecule has 0 fully saturated rings. The zero-order valence-corrected chi connectivity index (χ0v) is 22.6. The molecule has 0 unspecified atom stereocenters. The molecule has 4 aromatic rings. The molecule has 37 heavy (non-hydrogen) atoms. The number of hydrogen-bond donors (Lipinski definition) is 6. The number of halogens is 2. The summed E-state index contributed by atoms with van der Waals surface area (Å²) in [4.78, 5) is 13.9. The number of rotatable bonds is 11. The van der Waals surface area contributed by atoms with Gasteiger partial charge in [-0.3, -0.25) is 10.1 Å². The van der Waals surface area contributed by atoms with Gasteiger partial charge < -0.3 is 30.4 Å². The van der Waals surface area contributed by atoms with Crippen molar-refractivity contribution in [1.82, 2.24) is 15.6 Å². The van der Waals surface area contributed by atoms with Crippen LogP contribution in [0.1, 0.15) is 22.3 Å². The van der Waals surface area contributed by atoms with Crippen molar-refractivity contribution in [2.75, 3.05) is 13.7 Å². The van der Waals surface area contributed by atoms with E-state index in [4.69, 9.17) is 4.74 Å². The standard InChI is InChI=1S/C26H29N3O5S.2ClH/c1-34-21-8-5-18(6-9-21)15-27-16-19-4-2-3-17(13-19)11-12-28-26(32,33)14-20-7-10-22(30)23-24(20)35-25(31)29-23;;/h2-10,13,27-28,30,32-33H,11-12,14-16H2,1H3,(H,29,31);2*1H. The largest absolute Gasteiger partial charge is 0.506 e. The van der Waals surface area contributed by atoms with Gasteiger partial charge in [0, 0.05) is 26.1 Å². The van der Waals surface area contributed by atoms with Gasteiger partial charge in [0.2, 0.25) is 5.91 Å². The van der Waals surface area contributed by atoms with Crippen molar-refractivity contribution in [3.05, 3.63) is 92.6 Å². The van der Waals surface area contributed by atoms with E-state index in [9.17, 15) is 20.1 Å². The van der Waals surface area contributed by atoms with E-state index in [-0.39, 0.29) is 41.9 Å². The third-order valence-electron chi connectivity index (χ3n) is 5.71. The highest BCUT2D eigenvalue weighted by molar-refractivity contribution is 7.16. The number of aromatic nitrogens is 1. The Labute approximate surface area is 231 Å². The van der Waals surface area contributed by atoms with Crippen LogP contribution in [0.3, 0.4) is 0 Å². The Morgan fingerprint density at radius 1 is 0.973 bits per heavy atom. The first kappa shape index (κ1) is 30.6. The van der Waals surface area contributed by atoms with Crippen LogP contribution in [0, 0.1) is 0 Å². The highest BCUT2D eigenvalue weighted by Gasteiger charge is 2.25. The Balaban J connectivity index is 0.00000241. The van der Waals surface area contributed by atoms with E-state index < -0.39 is 5.91 Å². The molecule has 6 N–H and O–H groups in total. The monoisotopic (exact) mass is 567 g/mol. The summed E-state index contributed by atoms with van der Waals surface area (Å²) in [5.74, 6) is -1.37. The number of benzene rings is 3. The number of hydrogen-bond acceptors (Lipinski definition) is 8. The number of aliphatic hydroxyl groups is 2. The molecule has 0 bridgehead atoms. The number of thiazole rings is 1. The lowest BCUT2D eigenvalue weighted by Crippen LogP contribution is -2.47. The van der Waals surface area contributed by atoms with Crippen LogP contribution in [0.5, 0.6) is 11.5 Å². The van der Waals surface area contributed by atoms with Crippen molar-refractivity contribution in [3.63, 3.8) is 0 Å². The normalized spacial score (nSPS) is 11.1. The highest BCUT2D eigenvalue weighted by atomic mass is 35.5. The van der Waals surface area contributed by atoms with Crippen LogP contribution in [-0.2, 0) is 25.9 Å². The molecule has 0 aliphatic heterocycles. The van der Waals surface area contributed by atoms with Crippen molar-refractivity contribution >= 4 is 46.4 Å². The number of aromatic amines is 1. The fraction of sp³-hybridized carbons (Fsp3) is 0.269. The van der Waals surface area contributed by atoms with Crippen LogP contribution in [0.25, 0.3) is 10.2 Å². The quantitative estimate of drug-likeness (QED) is 0.153. The lowest BCUT2D eigenvalue weighted by Gasteiger charge is -2.23. The first-order chi connectivity index (χ1) is 16.8. The van der Waals surface area contributed by atoms with Crippen molar-refractivity contribution in [2.45, 2.75) is 31.8 Å².